The van der Waals surface area contributed by atoms with E-state index in [1.54, 1.807) is 0 Å². The van der Waals surface area contributed by atoms with E-state index in [4.69, 9.17) is 4.99 Å². The molecular formula is C16H25N3O. The molecule has 0 aromatic rings. The Labute approximate surface area is 120 Å². The number of nitrogens with zero attached hydrogens (tertiary/aromatic N) is 1. The molecule has 110 valence electrons. The topological polar surface area (TPSA) is 53.5 Å². The van der Waals surface area contributed by atoms with Crippen molar-refractivity contribution in [2.24, 2.45) is 21.7 Å². The fourth-order valence-corrected chi connectivity index (χ4v) is 4.68. The average Bonchev–Trinajstić information content (AvgIpc) is 2.82. The molecule has 4 heteroatoms. The van der Waals surface area contributed by atoms with Gasteiger partial charge >= 0.3 is 0 Å². The zero-order chi connectivity index (χ0) is 14.3. The van der Waals surface area contributed by atoms with Gasteiger partial charge in [0.1, 0.15) is 5.84 Å². The third-order valence-corrected chi connectivity index (χ3v) is 5.87. The van der Waals surface area contributed by atoms with E-state index in [-0.39, 0.29) is 22.9 Å². The van der Waals surface area contributed by atoms with Crippen LogP contribution >= 0.6 is 0 Å². The van der Waals surface area contributed by atoms with E-state index in [2.05, 4.69) is 38.3 Å². The summed E-state index contributed by atoms with van der Waals surface area (Å²) in [4.78, 5) is 17.3. The zero-order valence-corrected chi connectivity index (χ0v) is 12.9. The van der Waals surface area contributed by atoms with Gasteiger partial charge in [0.2, 0.25) is 5.91 Å². The molecule has 2 unspecified atom stereocenters. The molecule has 1 heterocycles. The van der Waals surface area contributed by atoms with Gasteiger partial charge in [-0.25, -0.2) is 0 Å². The standard InChI is InChI=1S/C16H25N3O/c1-9-5-10(9)17-12(20)11-14(2,3)19-13(18-11)16-6-15(4,7-16)8-16/h9-11H,5-8H2,1-4H3,(H,17,20)(H,18,19)/t9?,10?,11-,15?,16?/m0/s1. The Morgan fingerprint density at radius 1 is 1.30 bits per heavy atom. The van der Waals surface area contributed by atoms with Crippen molar-refractivity contribution in [1.29, 1.82) is 0 Å². The largest absolute Gasteiger partial charge is 0.366 e. The first-order chi connectivity index (χ1) is 9.23. The van der Waals surface area contributed by atoms with Gasteiger partial charge in [-0.1, -0.05) is 13.8 Å². The third kappa shape index (κ3) is 1.60. The lowest BCUT2D eigenvalue weighted by molar-refractivity contribution is -0.139. The van der Waals surface area contributed by atoms with Crippen LogP contribution < -0.4 is 10.6 Å². The van der Waals surface area contributed by atoms with Crippen LogP contribution in [0.3, 0.4) is 0 Å². The smallest absolute Gasteiger partial charge is 0.247 e. The van der Waals surface area contributed by atoms with Gasteiger partial charge in [-0.3, -0.25) is 9.79 Å². The van der Waals surface area contributed by atoms with Crippen molar-refractivity contribution in [3.8, 4) is 0 Å². The van der Waals surface area contributed by atoms with Crippen LogP contribution in [0.4, 0.5) is 0 Å². The maximum atomic E-state index is 12.5. The van der Waals surface area contributed by atoms with Crippen LogP contribution in [0.1, 0.15) is 53.4 Å². The van der Waals surface area contributed by atoms with Crippen LogP contribution in [0.2, 0.25) is 0 Å². The van der Waals surface area contributed by atoms with Crippen LogP contribution in [0, 0.1) is 16.7 Å². The molecule has 0 saturated heterocycles. The van der Waals surface area contributed by atoms with E-state index in [0.717, 1.165) is 12.3 Å². The number of amidine groups is 1. The number of hydrogen-bond acceptors (Lipinski definition) is 3. The Morgan fingerprint density at radius 3 is 2.40 bits per heavy atom. The van der Waals surface area contributed by atoms with Crippen molar-refractivity contribution >= 4 is 11.7 Å². The van der Waals surface area contributed by atoms with Crippen molar-refractivity contribution in [2.45, 2.75) is 71.0 Å². The van der Waals surface area contributed by atoms with E-state index < -0.39 is 0 Å². The summed E-state index contributed by atoms with van der Waals surface area (Å²) in [5, 5.41) is 6.70. The number of nitrogens with one attached hydrogen (secondary N) is 2. The average molecular weight is 275 g/mol. The first kappa shape index (κ1) is 12.7. The number of amides is 1. The molecule has 20 heavy (non-hydrogen) atoms. The fourth-order valence-electron chi connectivity index (χ4n) is 4.68. The highest BCUT2D eigenvalue weighted by Crippen LogP contribution is 2.73. The zero-order valence-electron chi connectivity index (χ0n) is 12.9. The van der Waals surface area contributed by atoms with Gasteiger partial charge in [0, 0.05) is 11.5 Å². The Hall–Kier alpha value is -1.06. The van der Waals surface area contributed by atoms with Crippen molar-refractivity contribution in [1.82, 2.24) is 10.6 Å². The van der Waals surface area contributed by atoms with Crippen molar-refractivity contribution in [3.05, 3.63) is 0 Å². The SMILES string of the molecule is CC1CC1NC(=O)[C@@H]1N=C(C23CC(C)(C2)C3)NC1(C)C. The Balaban J connectivity index is 1.50. The van der Waals surface area contributed by atoms with E-state index in [1.165, 1.54) is 19.3 Å². The quantitative estimate of drug-likeness (QED) is 0.826. The monoisotopic (exact) mass is 275 g/mol. The summed E-state index contributed by atoms with van der Waals surface area (Å²) in [6, 6.07) is 0.110. The Morgan fingerprint density at radius 2 is 1.90 bits per heavy atom. The summed E-state index contributed by atoms with van der Waals surface area (Å²) in [5.41, 5.74) is 0.597. The summed E-state index contributed by atoms with van der Waals surface area (Å²) in [7, 11) is 0. The summed E-state index contributed by atoms with van der Waals surface area (Å²) in [6.45, 7) is 8.72. The maximum Gasteiger partial charge on any atom is 0.247 e. The first-order valence-corrected chi connectivity index (χ1v) is 7.90. The molecular weight excluding hydrogens is 250 g/mol. The fraction of sp³-hybridized carbons (Fsp3) is 0.875. The predicted molar refractivity (Wildman–Crippen MR) is 78.5 cm³/mol. The second-order valence-corrected chi connectivity index (χ2v) is 8.68. The molecule has 1 amide bonds. The van der Waals surface area contributed by atoms with E-state index in [9.17, 15) is 4.79 Å². The molecule has 5 aliphatic rings. The van der Waals surface area contributed by atoms with Crippen LogP contribution in [0.25, 0.3) is 0 Å². The van der Waals surface area contributed by atoms with Gasteiger partial charge in [0.15, 0.2) is 6.04 Å². The second-order valence-electron chi connectivity index (χ2n) is 8.68. The molecule has 0 spiro atoms. The number of hydrogen-bond donors (Lipinski definition) is 2. The molecule has 0 aromatic heterocycles. The molecule has 0 aromatic carbocycles. The van der Waals surface area contributed by atoms with Crippen LogP contribution in [0.15, 0.2) is 4.99 Å². The molecule has 4 nitrogen and oxygen atoms in total. The second kappa shape index (κ2) is 3.40. The van der Waals surface area contributed by atoms with Crippen LogP contribution in [0.5, 0.6) is 0 Å². The minimum absolute atomic E-state index is 0.102. The molecule has 4 fully saturated rings. The van der Waals surface area contributed by atoms with Crippen molar-refractivity contribution in [3.63, 3.8) is 0 Å². The molecule has 3 atom stereocenters. The lowest BCUT2D eigenvalue weighted by Crippen LogP contribution is -2.67. The van der Waals surface area contributed by atoms with E-state index >= 15 is 0 Å². The van der Waals surface area contributed by atoms with Crippen LogP contribution in [-0.4, -0.2) is 29.4 Å². The molecule has 5 rings (SSSR count). The number of aliphatic imine (C=N–C) groups is 1. The van der Waals surface area contributed by atoms with E-state index in [0.29, 0.717) is 17.4 Å². The van der Waals surface area contributed by atoms with Crippen molar-refractivity contribution < 1.29 is 4.79 Å². The van der Waals surface area contributed by atoms with Crippen molar-refractivity contribution in [2.75, 3.05) is 0 Å². The molecule has 0 radical (unpaired) electrons. The lowest BCUT2D eigenvalue weighted by atomic mass is 9.35. The van der Waals surface area contributed by atoms with E-state index in [1.807, 2.05) is 0 Å². The summed E-state index contributed by atoms with van der Waals surface area (Å²) >= 11 is 0. The Kier molecular flexibility index (Phi) is 2.15. The normalized spacial score (nSPS) is 50.4. The summed E-state index contributed by atoms with van der Waals surface area (Å²) < 4.78 is 0. The van der Waals surface area contributed by atoms with Gasteiger partial charge in [0.25, 0.3) is 0 Å². The molecule has 2 N–H and O–H groups in total. The minimum atomic E-state index is -0.271. The molecule has 1 aliphatic heterocycles. The molecule has 4 saturated carbocycles. The third-order valence-electron chi connectivity index (χ3n) is 5.87. The molecule has 2 bridgehead atoms. The highest BCUT2D eigenvalue weighted by atomic mass is 16.2. The Bertz CT molecular complexity index is 502. The van der Waals surface area contributed by atoms with Gasteiger partial charge in [-0.05, 0) is 50.9 Å². The first-order valence-electron chi connectivity index (χ1n) is 7.90. The number of carbonyl (C=O) groups excluding carboxylic acids is 1. The van der Waals surface area contributed by atoms with Gasteiger partial charge in [0.05, 0.1) is 5.54 Å². The number of rotatable bonds is 3. The maximum absolute atomic E-state index is 12.5. The summed E-state index contributed by atoms with van der Waals surface area (Å²) in [5.74, 6) is 1.84. The highest BCUT2D eigenvalue weighted by molar-refractivity contribution is 5.98. The van der Waals surface area contributed by atoms with Crippen LogP contribution in [-0.2, 0) is 4.79 Å². The minimum Gasteiger partial charge on any atom is -0.366 e. The highest BCUT2D eigenvalue weighted by Gasteiger charge is 2.69. The predicted octanol–water partition coefficient (Wildman–Crippen LogP) is 1.85. The lowest BCUT2D eigenvalue weighted by Gasteiger charge is -2.69. The summed E-state index contributed by atoms with van der Waals surface area (Å²) in [6.07, 6.45) is 4.85. The molecule has 4 aliphatic carbocycles. The van der Waals surface area contributed by atoms with Gasteiger partial charge in [-0.15, -0.1) is 0 Å². The number of carbonyl (C=O) groups is 1. The van der Waals surface area contributed by atoms with Gasteiger partial charge < -0.3 is 10.6 Å². The van der Waals surface area contributed by atoms with Gasteiger partial charge in [-0.2, -0.15) is 0 Å².